The van der Waals surface area contributed by atoms with Crippen molar-refractivity contribution in [3.63, 3.8) is 0 Å². The molecule has 0 saturated carbocycles. The summed E-state index contributed by atoms with van der Waals surface area (Å²) in [7, 11) is 1.59. The second kappa shape index (κ2) is 8.37. The van der Waals surface area contributed by atoms with E-state index in [1.165, 1.54) is 30.2 Å². The van der Waals surface area contributed by atoms with Crippen molar-refractivity contribution in [2.75, 3.05) is 25.5 Å². The first-order valence-electron chi connectivity index (χ1n) is 7.97. The van der Waals surface area contributed by atoms with E-state index in [1.54, 1.807) is 19.2 Å². The van der Waals surface area contributed by atoms with Gasteiger partial charge >= 0.3 is 6.18 Å². The van der Waals surface area contributed by atoms with Gasteiger partial charge in [-0.3, -0.25) is 9.69 Å². The van der Waals surface area contributed by atoms with Crippen LogP contribution in [0.4, 0.5) is 19.0 Å². The van der Waals surface area contributed by atoms with Gasteiger partial charge in [0.25, 0.3) is 0 Å². The number of alkyl halides is 3. The molecular formula is C18H19BrF3N3O2. The fourth-order valence-corrected chi connectivity index (χ4v) is 2.82. The number of aromatic nitrogens is 1. The average Bonchev–Trinajstić information content (AvgIpc) is 2.55. The van der Waals surface area contributed by atoms with Gasteiger partial charge in [-0.05, 0) is 59.7 Å². The van der Waals surface area contributed by atoms with E-state index in [0.717, 1.165) is 16.6 Å². The number of pyridine rings is 1. The van der Waals surface area contributed by atoms with E-state index in [2.05, 4.69) is 26.2 Å². The molecule has 0 aliphatic carbocycles. The molecule has 1 heterocycles. The van der Waals surface area contributed by atoms with Crippen LogP contribution in [0.3, 0.4) is 0 Å². The molecule has 1 atom stereocenters. The third kappa shape index (κ3) is 6.30. The third-order valence-corrected chi connectivity index (χ3v) is 4.27. The first-order valence-corrected chi connectivity index (χ1v) is 8.77. The quantitative estimate of drug-likeness (QED) is 0.712. The van der Waals surface area contributed by atoms with Crippen LogP contribution in [0.1, 0.15) is 18.1 Å². The van der Waals surface area contributed by atoms with E-state index in [-0.39, 0.29) is 24.6 Å². The minimum absolute atomic E-state index is 0.0322. The number of rotatable bonds is 6. The van der Waals surface area contributed by atoms with Gasteiger partial charge in [0.05, 0.1) is 17.7 Å². The van der Waals surface area contributed by atoms with E-state index in [0.29, 0.717) is 5.82 Å². The fraction of sp³-hybridized carbons (Fsp3) is 0.333. The third-order valence-electron chi connectivity index (χ3n) is 3.80. The van der Waals surface area contributed by atoms with Crippen LogP contribution >= 0.6 is 15.9 Å². The van der Waals surface area contributed by atoms with Crippen LogP contribution in [0.15, 0.2) is 47.1 Å². The van der Waals surface area contributed by atoms with Gasteiger partial charge in [-0.25, -0.2) is 4.98 Å². The summed E-state index contributed by atoms with van der Waals surface area (Å²) in [6.07, 6.45) is -2.95. The van der Waals surface area contributed by atoms with Gasteiger partial charge in [-0.15, -0.1) is 0 Å². The van der Waals surface area contributed by atoms with E-state index < -0.39 is 17.3 Å². The van der Waals surface area contributed by atoms with E-state index in [4.69, 9.17) is 0 Å². The van der Waals surface area contributed by atoms with Crippen LogP contribution in [-0.4, -0.2) is 41.0 Å². The first kappa shape index (κ1) is 21.3. The van der Waals surface area contributed by atoms with Crippen LogP contribution in [0.2, 0.25) is 0 Å². The van der Waals surface area contributed by atoms with Gasteiger partial charge in [0.2, 0.25) is 5.91 Å². The minimum Gasteiger partial charge on any atom is -0.384 e. The van der Waals surface area contributed by atoms with Crippen LogP contribution in [0, 0.1) is 0 Å². The van der Waals surface area contributed by atoms with Crippen LogP contribution < -0.4 is 5.32 Å². The molecule has 1 amide bonds. The Balaban J connectivity index is 2.00. The maximum atomic E-state index is 12.9. The number of nitrogens with zero attached hydrogens (tertiary/aromatic N) is 2. The lowest BCUT2D eigenvalue weighted by atomic mass is 9.93. The van der Waals surface area contributed by atoms with Crippen molar-refractivity contribution >= 4 is 27.7 Å². The molecule has 1 aromatic heterocycles. The summed E-state index contributed by atoms with van der Waals surface area (Å²) in [6.45, 7) is 1.32. The summed E-state index contributed by atoms with van der Waals surface area (Å²) in [5.41, 5.74) is -2.27. The van der Waals surface area contributed by atoms with Gasteiger partial charge in [0, 0.05) is 17.2 Å². The topological polar surface area (TPSA) is 65.5 Å². The zero-order chi connectivity index (χ0) is 20.2. The highest BCUT2D eigenvalue weighted by molar-refractivity contribution is 9.10. The molecule has 2 N–H and O–H groups in total. The first-order chi connectivity index (χ1) is 12.5. The summed E-state index contributed by atoms with van der Waals surface area (Å²) in [6, 6.07) is 7.89. The molecule has 1 aromatic carbocycles. The second-order valence-electron chi connectivity index (χ2n) is 6.43. The molecule has 0 radical (unpaired) electrons. The molecule has 27 heavy (non-hydrogen) atoms. The molecule has 9 heteroatoms. The molecule has 2 aromatic rings. The van der Waals surface area contributed by atoms with Gasteiger partial charge in [0.15, 0.2) is 0 Å². The summed E-state index contributed by atoms with van der Waals surface area (Å²) >= 11 is 3.24. The zero-order valence-corrected chi connectivity index (χ0v) is 16.3. The highest BCUT2D eigenvalue weighted by Crippen LogP contribution is 2.32. The predicted octanol–water partition coefficient (Wildman–Crippen LogP) is 3.64. The van der Waals surface area contributed by atoms with E-state index in [1.807, 2.05) is 0 Å². The van der Waals surface area contributed by atoms with E-state index >= 15 is 0 Å². The molecule has 146 valence electrons. The fourth-order valence-electron chi connectivity index (χ4n) is 2.58. The Kier molecular flexibility index (Phi) is 6.61. The Labute approximate surface area is 163 Å². The maximum absolute atomic E-state index is 12.9. The van der Waals surface area contributed by atoms with Crippen LogP contribution in [-0.2, 0) is 16.6 Å². The Morgan fingerprint density at radius 1 is 1.26 bits per heavy atom. The lowest BCUT2D eigenvalue weighted by Crippen LogP contribution is -2.40. The number of halogens is 4. The molecule has 1 unspecified atom stereocenters. The second-order valence-corrected chi connectivity index (χ2v) is 7.35. The summed E-state index contributed by atoms with van der Waals surface area (Å²) in [5, 5.41) is 13.2. The SMILES string of the molecule is CN(CC(=O)Nc1ccc(Br)cn1)CC(C)(O)c1cccc(C(F)(F)F)c1. The number of carbonyl (C=O) groups is 1. The van der Waals surface area contributed by atoms with Gasteiger partial charge in [-0.2, -0.15) is 13.2 Å². The molecule has 0 saturated heterocycles. The minimum atomic E-state index is -4.49. The molecule has 0 spiro atoms. The number of benzene rings is 1. The molecular weight excluding hydrogens is 427 g/mol. The normalized spacial score (nSPS) is 14.1. The number of likely N-dealkylation sites (N-methyl/N-ethyl adjacent to an activating group) is 1. The van der Waals surface area contributed by atoms with Crippen molar-refractivity contribution < 1.29 is 23.1 Å². The summed E-state index contributed by atoms with van der Waals surface area (Å²) in [4.78, 5) is 17.6. The van der Waals surface area contributed by atoms with Gasteiger partial charge in [-0.1, -0.05) is 12.1 Å². The molecule has 0 fully saturated rings. The highest BCUT2D eigenvalue weighted by atomic mass is 79.9. The predicted molar refractivity (Wildman–Crippen MR) is 99.1 cm³/mol. The number of hydrogen-bond donors (Lipinski definition) is 2. The summed E-state index contributed by atoms with van der Waals surface area (Å²) in [5.74, 6) is 0.0217. The number of aliphatic hydroxyl groups is 1. The Bertz CT molecular complexity index is 795. The van der Waals surface area contributed by atoms with Crippen LogP contribution in [0.5, 0.6) is 0 Å². The monoisotopic (exact) mass is 445 g/mol. The summed E-state index contributed by atoms with van der Waals surface area (Å²) < 4.78 is 39.4. The van der Waals surface area contributed by atoms with Gasteiger partial charge in [0.1, 0.15) is 5.82 Å². The van der Waals surface area contributed by atoms with Crippen LogP contribution in [0.25, 0.3) is 0 Å². The maximum Gasteiger partial charge on any atom is 0.416 e. The number of carbonyl (C=O) groups excluding carboxylic acids is 1. The largest absolute Gasteiger partial charge is 0.416 e. The highest BCUT2D eigenvalue weighted by Gasteiger charge is 2.33. The molecule has 5 nitrogen and oxygen atoms in total. The molecule has 0 aliphatic rings. The number of anilines is 1. The molecule has 0 aliphatic heterocycles. The number of hydrogen-bond acceptors (Lipinski definition) is 4. The van der Waals surface area contributed by atoms with Crippen molar-refractivity contribution in [2.45, 2.75) is 18.7 Å². The lowest BCUT2D eigenvalue weighted by Gasteiger charge is -2.29. The van der Waals surface area contributed by atoms with Crippen molar-refractivity contribution in [3.8, 4) is 0 Å². The Morgan fingerprint density at radius 3 is 2.52 bits per heavy atom. The standard InChI is InChI=1S/C18H19BrF3N3O2/c1-17(27,12-4-3-5-13(8-12)18(20,21)22)11-25(2)10-16(26)24-15-7-6-14(19)9-23-15/h3-9,27H,10-11H2,1-2H3,(H,23,24,26). The van der Waals surface area contributed by atoms with Crippen molar-refractivity contribution in [2.24, 2.45) is 0 Å². The number of nitrogens with one attached hydrogen (secondary N) is 1. The Morgan fingerprint density at radius 2 is 1.93 bits per heavy atom. The Hall–Kier alpha value is -1.97. The van der Waals surface area contributed by atoms with E-state index in [9.17, 15) is 23.1 Å². The van der Waals surface area contributed by atoms with Crippen molar-refractivity contribution in [3.05, 3.63) is 58.2 Å². The molecule has 0 bridgehead atoms. The number of amides is 1. The smallest absolute Gasteiger partial charge is 0.384 e. The van der Waals surface area contributed by atoms with Gasteiger partial charge < -0.3 is 10.4 Å². The molecule has 2 rings (SSSR count). The average molecular weight is 446 g/mol. The van der Waals surface area contributed by atoms with Crippen molar-refractivity contribution in [1.82, 2.24) is 9.88 Å². The lowest BCUT2D eigenvalue weighted by molar-refractivity contribution is -0.137. The zero-order valence-electron chi connectivity index (χ0n) is 14.7. The van der Waals surface area contributed by atoms with Crippen molar-refractivity contribution in [1.29, 1.82) is 0 Å².